The molecule has 1 saturated heterocycles. The molecule has 1 atom stereocenters. The maximum Gasteiger partial charge on any atom is 0.277 e. The molecule has 23 heavy (non-hydrogen) atoms. The van der Waals surface area contributed by atoms with E-state index in [4.69, 9.17) is 16.0 Å². The maximum absolute atomic E-state index is 12.3. The highest BCUT2D eigenvalue weighted by Crippen LogP contribution is 2.25. The molecule has 0 radical (unpaired) electrons. The zero-order valence-electron chi connectivity index (χ0n) is 12.9. The van der Waals surface area contributed by atoms with E-state index >= 15 is 0 Å². The molecule has 5 nitrogen and oxygen atoms in total. The number of halogens is 1. The molecule has 1 aromatic heterocycles. The Bertz CT molecular complexity index is 674. The second-order valence-corrected chi connectivity index (χ2v) is 6.96. The standard InChI is InChI=1S/C16H18ClN3O2S/c1-11-4-2-3-9-20(11)14(21)10-23-16-19-18-15(22-16)12-5-7-13(17)8-6-12/h5-8,11H,2-4,9-10H2,1H3/t11-/m1/s1. The predicted octanol–water partition coefficient (Wildman–Crippen LogP) is 3.88. The minimum absolute atomic E-state index is 0.133. The Morgan fingerprint density at radius 1 is 1.35 bits per heavy atom. The van der Waals surface area contributed by atoms with Gasteiger partial charge < -0.3 is 9.32 Å². The van der Waals surface area contributed by atoms with Gasteiger partial charge in [-0.3, -0.25) is 4.79 Å². The molecule has 1 amide bonds. The van der Waals surface area contributed by atoms with Crippen molar-refractivity contribution in [1.82, 2.24) is 15.1 Å². The number of likely N-dealkylation sites (tertiary alicyclic amines) is 1. The van der Waals surface area contributed by atoms with Gasteiger partial charge in [-0.25, -0.2) is 0 Å². The van der Waals surface area contributed by atoms with Crippen molar-refractivity contribution in [2.24, 2.45) is 0 Å². The van der Waals surface area contributed by atoms with Crippen molar-refractivity contribution >= 4 is 29.3 Å². The first kappa shape index (κ1) is 16.3. The third kappa shape index (κ3) is 4.06. The Balaban J connectivity index is 1.58. The van der Waals surface area contributed by atoms with Crippen molar-refractivity contribution < 1.29 is 9.21 Å². The molecule has 0 N–H and O–H groups in total. The van der Waals surface area contributed by atoms with E-state index < -0.39 is 0 Å². The zero-order valence-corrected chi connectivity index (χ0v) is 14.4. The number of nitrogens with zero attached hydrogens (tertiary/aromatic N) is 3. The molecule has 3 rings (SSSR count). The van der Waals surface area contributed by atoms with Crippen molar-refractivity contribution in [3.8, 4) is 11.5 Å². The summed E-state index contributed by atoms with van der Waals surface area (Å²) in [7, 11) is 0. The Hall–Kier alpha value is -1.53. The minimum atomic E-state index is 0.133. The first-order chi connectivity index (χ1) is 11.1. The number of hydrogen-bond acceptors (Lipinski definition) is 5. The van der Waals surface area contributed by atoms with E-state index in [1.165, 1.54) is 18.2 Å². The summed E-state index contributed by atoms with van der Waals surface area (Å²) in [4.78, 5) is 14.2. The summed E-state index contributed by atoms with van der Waals surface area (Å²) >= 11 is 7.15. The van der Waals surface area contributed by atoms with E-state index in [1.807, 2.05) is 17.0 Å². The van der Waals surface area contributed by atoms with Gasteiger partial charge in [0.05, 0.1) is 5.75 Å². The fourth-order valence-electron chi connectivity index (χ4n) is 2.65. The number of carbonyl (C=O) groups is 1. The van der Waals surface area contributed by atoms with Crippen LogP contribution in [0.4, 0.5) is 0 Å². The number of piperidine rings is 1. The summed E-state index contributed by atoms with van der Waals surface area (Å²) in [5.74, 6) is 0.892. The van der Waals surface area contributed by atoms with Gasteiger partial charge in [-0.15, -0.1) is 10.2 Å². The minimum Gasteiger partial charge on any atom is -0.411 e. The number of carbonyl (C=O) groups excluding carboxylic acids is 1. The summed E-state index contributed by atoms with van der Waals surface area (Å²) < 4.78 is 5.60. The van der Waals surface area contributed by atoms with Crippen LogP contribution in [0.3, 0.4) is 0 Å². The molecular formula is C16H18ClN3O2S. The van der Waals surface area contributed by atoms with E-state index in [0.29, 0.717) is 27.9 Å². The number of hydrogen-bond donors (Lipinski definition) is 0. The quantitative estimate of drug-likeness (QED) is 0.782. The molecule has 0 bridgehead atoms. The summed E-state index contributed by atoms with van der Waals surface area (Å²) in [6.45, 7) is 2.95. The molecule has 1 aromatic carbocycles. The fraction of sp³-hybridized carbons (Fsp3) is 0.438. The molecule has 0 spiro atoms. The van der Waals surface area contributed by atoms with E-state index in [9.17, 15) is 4.79 Å². The number of amides is 1. The third-order valence-electron chi connectivity index (χ3n) is 3.94. The van der Waals surface area contributed by atoms with Crippen LogP contribution in [0, 0.1) is 0 Å². The molecule has 1 aliphatic heterocycles. The van der Waals surface area contributed by atoms with Gasteiger partial charge in [0.1, 0.15) is 0 Å². The van der Waals surface area contributed by atoms with E-state index in [1.54, 1.807) is 12.1 Å². The van der Waals surface area contributed by atoms with Gasteiger partial charge in [0.25, 0.3) is 5.22 Å². The van der Waals surface area contributed by atoms with E-state index in [0.717, 1.165) is 24.9 Å². The molecule has 0 saturated carbocycles. The lowest BCUT2D eigenvalue weighted by atomic mass is 10.0. The normalized spacial score (nSPS) is 18.2. The van der Waals surface area contributed by atoms with E-state index in [2.05, 4.69) is 17.1 Å². The molecule has 1 fully saturated rings. The average Bonchev–Trinajstić information content (AvgIpc) is 3.03. The van der Waals surface area contributed by atoms with Crippen molar-refractivity contribution in [3.63, 3.8) is 0 Å². The summed E-state index contributed by atoms with van der Waals surface area (Å²) in [5, 5.41) is 9.08. The molecule has 7 heteroatoms. The van der Waals surface area contributed by atoms with Crippen LogP contribution < -0.4 is 0 Å². The monoisotopic (exact) mass is 351 g/mol. The van der Waals surface area contributed by atoms with Crippen LogP contribution in [0.1, 0.15) is 26.2 Å². The zero-order chi connectivity index (χ0) is 16.2. The maximum atomic E-state index is 12.3. The molecule has 122 valence electrons. The average molecular weight is 352 g/mol. The van der Waals surface area contributed by atoms with E-state index in [-0.39, 0.29) is 5.91 Å². The SMILES string of the molecule is C[C@@H]1CCCCN1C(=O)CSc1nnc(-c2ccc(Cl)cc2)o1. The van der Waals surface area contributed by atoms with Crippen LogP contribution in [0.15, 0.2) is 33.9 Å². The lowest BCUT2D eigenvalue weighted by Crippen LogP contribution is -2.42. The van der Waals surface area contributed by atoms with Crippen LogP contribution >= 0.6 is 23.4 Å². The van der Waals surface area contributed by atoms with Gasteiger partial charge in [0.15, 0.2) is 0 Å². The Morgan fingerprint density at radius 2 is 2.13 bits per heavy atom. The molecule has 2 aromatic rings. The van der Waals surface area contributed by atoms with Crippen LogP contribution in [-0.4, -0.2) is 39.3 Å². The molecule has 2 heterocycles. The fourth-order valence-corrected chi connectivity index (χ4v) is 3.43. The Labute approximate surface area is 144 Å². The van der Waals surface area contributed by atoms with Crippen LogP contribution in [0.2, 0.25) is 5.02 Å². The highest BCUT2D eigenvalue weighted by molar-refractivity contribution is 7.99. The van der Waals surface area contributed by atoms with Gasteiger partial charge in [0, 0.05) is 23.2 Å². The molecule has 0 aliphatic carbocycles. The number of thioether (sulfide) groups is 1. The van der Waals surface area contributed by atoms with Gasteiger partial charge in [-0.2, -0.15) is 0 Å². The second-order valence-electron chi connectivity index (χ2n) is 5.60. The highest BCUT2D eigenvalue weighted by atomic mass is 35.5. The Morgan fingerprint density at radius 3 is 2.87 bits per heavy atom. The smallest absolute Gasteiger partial charge is 0.277 e. The van der Waals surface area contributed by atoms with Crippen molar-refractivity contribution in [2.45, 2.75) is 37.5 Å². The summed E-state index contributed by atoms with van der Waals surface area (Å²) in [6.07, 6.45) is 3.37. The van der Waals surface area contributed by atoms with Gasteiger partial charge >= 0.3 is 0 Å². The van der Waals surface area contributed by atoms with Crippen LogP contribution in [0.5, 0.6) is 0 Å². The predicted molar refractivity (Wildman–Crippen MR) is 90.5 cm³/mol. The van der Waals surface area contributed by atoms with Crippen LogP contribution in [-0.2, 0) is 4.79 Å². The van der Waals surface area contributed by atoms with Gasteiger partial charge in [-0.1, -0.05) is 23.4 Å². The lowest BCUT2D eigenvalue weighted by molar-refractivity contribution is -0.131. The summed E-state index contributed by atoms with van der Waals surface area (Å²) in [6, 6.07) is 7.52. The van der Waals surface area contributed by atoms with Gasteiger partial charge in [-0.05, 0) is 50.5 Å². The molecule has 1 aliphatic rings. The highest BCUT2D eigenvalue weighted by Gasteiger charge is 2.23. The molecular weight excluding hydrogens is 334 g/mol. The second kappa shape index (κ2) is 7.36. The largest absolute Gasteiger partial charge is 0.411 e. The summed E-state index contributed by atoms with van der Waals surface area (Å²) in [5.41, 5.74) is 0.810. The van der Waals surface area contributed by atoms with Gasteiger partial charge in [0.2, 0.25) is 11.8 Å². The first-order valence-corrected chi connectivity index (χ1v) is 9.01. The Kier molecular flexibility index (Phi) is 5.23. The van der Waals surface area contributed by atoms with Crippen LogP contribution in [0.25, 0.3) is 11.5 Å². The number of benzene rings is 1. The first-order valence-electron chi connectivity index (χ1n) is 7.65. The van der Waals surface area contributed by atoms with Crippen molar-refractivity contribution in [2.75, 3.05) is 12.3 Å². The van der Waals surface area contributed by atoms with Crippen molar-refractivity contribution in [1.29, 1.82) is 0 Å². The third-order valence-corrected chi connectivity index (χ3v) is 5.00. The number of rotatable bonds is 4. The number of aromatic nitrogens is 2. The van der Waals surface area contributed by atoms with Crippen molar-refractivity contribution in [3.05, 3.63) is 29.3 Å². The molecule has 0 unspecified atom stereocenters. The topological polar surface area (TPSA) is 59.2 Å². The lowest BCUT2D eigenvalue weighted by Gasteiger charge is -2.33.